The molecule has 5 nitrogen and oxygen atoms in total. The first-order valence-corrected chi connectivity index (χ1v) is 5.79. The number of nitrogens with zero attached hydrogens (tertiary/aromatic N) is 4. The molecule has 17 heavy (non-hydrogen) atoms. The topological polar surface area (TPSA) is 63.8 Å². The fourth-order valence-corrected chi connectivity index (χ4v) is 2.41. The number of allylic oxidation sites excluding steroid dienone is 2. The number of imidazole rings is 1. The van der Waals surface area contributed by atoms with Gasteiger partial charge in [-0.05, 0) is 6.42 Å². The predicted molar refractivity (Wildman–Crippen MR) is 63.7 cm³/mol. The lowest BCUT2D eigenvalue weighted by Gasteiger charge is -2.18. The van der Waals surface area contributed by atoms with Gasteiger partial charge in [0.25, 0.3) is 0 Å². The smallest absolute Gasteiger partial charge is 0.165 e. The molecule has 1 aliphatic carbocycles. The van der Waals surface area contributed by atoms with E-state index in [1.165, 1.54) is 6.33 Å². The van der Waals surface area contributed by atoms with Crippen molar-refractivity contribution in [2.45, 2.75) is 12.5 Å². The maximum absolute atomic E-state index is 9.33. The summed E-state index contributed by atoms with van der Waals surface area (Å²) in [6, 6.07) is 0.0935. The molecule has 0 radical (unpaired) electrons. The lowest BCUT2D eigenvalue weighted by Crippen LogP contribution is -2.16. The zero-order valence-electron chi connectivity index (χ0n) is 8.99. The summed E-state index contributed by atoms with van der Waals surface area (Å²) in [4.78, 5) is 12.3. The zero-order valence-corrected chi connectivity index (χ0v) is 9.75. The van der Waals surface area contributed by atoms with E-state index in [-0.39, 0.29) is 18.6 Å². The van der Waals surface area contributed by atoms with Crippen LogP contribution < -0.4 is 0 Å². The lowest BCUT2D eigenvalue weighted by molar-refractivity contribution is 0.205. The van der Waals surface area contributed by atoms with E-state index >= 15 is 0 Å². The Bertz CT molecular complexity index is 580. The molecule has 0 aliphatic heterocycles. The Labute approximate surface area is 103 Å². The summed E-state index contributed by atoms with van der Waals surface area (Å²) in [6.45, 7) is 0.149. The molecule has 0 unspecified atom stereocenters. The molecule has 0 aromatic carbocycles. The van der Waals surface area contributed by atoms with Crippen LogP contribution >= 0.6 is 11.6 Å². The van der Waals surface area contributed by atoms with Crippen LogP contribution in [0.25, 0.3) is 11.2 Å². The molecule has 0 saturated heterocycles. The Morgan fingerprint density at radius 2 is 2.29 bits per heavy atom. The normalized spacial score (nSPS) is 23.6. The Hall–Kier alpha value is -1.46. The molecule has 1 aliphatic rings. The van der Waals surface area contributed by atoms with Crippen LogP contribution in [-0.4, -0.2) is 31.2 Å². The molecule has 1 N–H and O–H groups in total. The van der Waals surface area contributed by atoms with Crippen molar-refractivity contribution in [3.8, 4) is 0 Å². The van der Waals surface area contributed by atoms with Crippen molar-refractivity contribution in [1.82, 2.24) is 19.5 Å². The van der Waals surface area contributed by atoms with E-state index < -0.39 is 0 Å². The van der Waals surface area contributed by atoms with Gasteiger partial charge in [0.05, 0.1) is 12.4 Å². The van der Waals surface area contributed by atoms with Crippen molar-refractivity contribution in [3.05, 3.63) is 30.0 Å². The molecule has 0 amide bonds. The van der Waals surface area contributed by atoms with Gasteiger partial charge in [-0.1, -0.05) is 23.8 Å². The molecule has 2 aromatic rings. The third-order valence-electron chi connectivity index (χ3n) is 3.12. The summed E-state index contributed by atoms with van der Waals surface area (Å²) in [5.74, 6) is 0.182. The monoisotopic (exact) mass is 250 g/mol. The molecule has 2 atom stereocenters. The average Bonchev–Trinajstić information content (AvgIpc) is 2.94. The highest BCUT2D eigenvalue weighted by Crippen LogP contribution is 2.32. The van der Waals surface area contributed by atoms with Crippen LogP contribution in [0.1, 0.15) is 12.5 Å². The van der Waals surface area contributed by atoms with Crippen molar-refractivity contribution in [2.75, 3.05) is 6.61 Å². The Kier molecular flexibility index (Phi) is 2.57. The van der Waals surface area contributed by atoms with E-state index in [9.17, 15) is 5.11 Å². The molecule has 0 bridgehead atoms. The van der Waals surface area contributed by atoms with Gasteiger partial charge in [-0.3, -0.25) is 0 Å². The molecule has 0 spiro atoms. The third-order valence-corrected chi connectivity index (χ3v) is 3.40. The minimum Gasteiger partial charge on any atom is -0.396 e. The van der Waals surface area contributed by atoms with Crippen molar-refractivity contribution in [3.63, 3.8) is 0 Å². The molecule has 6 heteroatoms. The van der Waals surface area contributed by atoms with Gasteiger partial charge in [0.15, 0.2) is 10.8 Å². The van der Waals surface area contributed by atoms with Crippen LogP contribution in [-0.2, 0) is 0 Å². The summed E-state index contributed by atoms with van der Waals surface area (Å²) in [7, 11) is 0. The summed E-state index contributed by atoms with van der Waals surface area (Å²) in [6.07, 6.45) is 8.14. The maximum atomic E-state index is 9.33. The van der Waals surface area contributed by atoms with Crippen LogP contribution in [0.2, 0.25) is 5.15 Å². The number of aliphatic hydroxyl groups excluding tert-OH is 1. The molecule has 2 aromatic heterocycles. The van der Waals surface area contributed by atoms with Gasteiger partial charge in [-0.15, -0.1) is 0 Å². The summed E-state index contributed by atoms with van der Waals surface area (Å²) in [5, 5.41) is 9.69. The number of aliphatic hydroxyl groups is 1. The number of rotatable bonds is 2. The van der Waals surface area contributed by atoms with Crippen molar-refractivity contribution in [2.24, 2.45) is 5.92 Å². The maximum Gasteiger partial charge on any atom is 0.165 e. The van der Waals surface area contributed by atoms with E-state index in [1.807, 2.05) is 4.57 Å². The van der Waals surface area contributed by atoms with E-state index in [2.05, 4.69) is 27.1 Å². The molecule has 0 saturated carbocycles. The fourth-order valence-electron chi connectivity index (χ4n) is 2.23. The van der Waals surface area contributed by atoms with Gasteiger partial charge in [-0.25, -0.2) is 15.0 Å². The zero-order chi connectivity index (χ0) is 11.8. The second-order valence-electron chi connectivity index (χ2n) is 4.09. The quantitative estimate of drug-likeness (QED) is 0.649. The van der Waals surface area contributed by atoms with Gasteiger partial charge in [0, 0.05) is 12.5 Å². The van der Waals surface area contributed by atoms with Crippen LogP contribution in [0.4, 0.5) is 0 Å². The van der Waals surface area contributed by atoms with Crippen LogP contribution in [0.15, 0.2) is 24.8 Å². The van der Waals surface area contributed by atoms with Gasteiger partial charge >= 0.3 is 0 Å². The summed E-state index contributed by atoms with van der Waals surface area (Å²) >= 11 is 5.95. The first-order valence-electron chi connectivity index (χ1n) is 5.42. The fraction of sp³-hybridized carbons (Fsp3) is 0.364. The molecular weight excluding hydrogens is 240 g/mol. The number of hydrogen-bond donors (Lipinski definition) is 1. The lowest BCUT2D eigenvalue weighted by atomic mass is 10.0. The highest BCUT2D eigenvalue weighted by atomic mass is 35.5. The standard InChI is InChI=1S/C11H11ClN4O/c12-10-9-11(14-5-13-10)16(6-15-9)8-3-1-2-7(8)4-17/h1,3,5-8,17H,2,4H2/t7-,8-/m1/s1. The third kappa shape index (κ3) is 1.62. The van der Waals surface area contributed by atoms with Gasteiger partial charge in [0.1, 0.15) is 11.8 Å². The number of fused-ring (bicyclic) bond motifs is 1. The highest BCUT2D eigenvalue weighted by molar-refractivity contribution is 6.33. The molecule has 0 fully saturated rings. The van der Waals surface area contributed by atoms with E-state index in [0.717, 1.165) is 6.42 Å². The molecular formula is C11H11ClN4O. The van der Waals surface area contributed by atoms with E-state index in [1.54, 1.807) is 6.33 Å². The molecule has 3 rings (SSSR count). The summed E-state index contributed by atoms with van der Waals surface area (Å²) < 4.78 is 1.94. The largest absolute Gasteiger partial charge is 0.396 e. The first-order chi connectivity index (χ1) is 8.31. The molecule has 88 valence electrons. The van der Waals surface area contributed by atoms with Gasteiger partial charge in [0.2, 0.25) is 0 Å². The minimum atomic E-state index is 0.0935. The predicted octanol–water partition coefficient (Wildman–Crippen LogP) is 1.59. The Morgan fingerprint density at radius 1 is 1.41 bits per heavy atom. The Balaban J connectivity index is 2.12. The highest BCUT2D eigenvalue weighted by Gasteiger charge is 2.25. The van der Waals surface area contributed by atoms with Crippen molar-refractivity contribution in [1.29, 1.82) is 0 Å². The van der Waals surface area contributed by atoms with E-state index in [0.29, 0.717) is 16.3 Å². The van der Waals surface area contributed by atoms with Gasteiger partial charge < -0.3 is 9.67 Å². The second-order valence-corrected chi connectivity index (χ2v) is 4.44. The van der Waals surface area contributed by atoms with Crippen molar-refractivity contribution >= 4 is 22.8 Å². The summed E-state index contributed by atoms with van der Waals surface area (Å²) in [5.41, 5.74) is 1.31. The second kappa shape index (κ2) is 4.09. The molecule has 2 heterocycles. The van der Waals surface area contributed by atoms with Crippen LogP contribution in [0.5, 0.6) is 0 Å². The number of halogens is 1. The first kappa shape index (κ1) is 10.7. The van der Waals surface area contributed by atoms with Gasteiger partial charge in [-0.2, -0.15) is 0 Å². The van der Waals surface area contributed by atoms with Crippen LogP contribution in [0.3, 0.4) is 0 Å². The Morgan fingerprint density at radius 3 is 3.12 bits per heavy atom. The SMILES string of the molecule is OC[C@H]1CC=C[C@H]1n1cnc2c(Cl)ncnc21. The van der Waals surface area contributed by atoms with E-state index in [4.69, 9.17) is 11.6 Å². The number of aromatic nitrogens is 4. The minimum absolute atomic E-state index is 0.0935. The van der Waals surface area contributed by atoms with Crippen molar-refractivity contribution < 1.29 is 5.11 Å². The number of hydrogen-bond acceptors (Lipinski definition) is 4. The van der Waals surface area contributed by atoms with Crippen LogP contribution in [0, 0.1) is 5.92 Å². The average molecular weight is 251 g/mol.